The molecule has 0 saturated carbocycles. The first-order valence-corrected chi connectivity index (χ1v) is 11.1. The van der Waals surface area contributed by atoms with Gasteiger partial charge < -0.3 is 21.7 Å². The van der Waals surface area contributed by atoms with E-state index in [-0.39, 0.29) is 23.8 Å². The van der Waals surface area contributed by atoms with Crippen LogP contribution in [0, 0.1) is 5.92 Å². The maximum absolute atomic E-state index is 13.3. The molecular formula is C25H29N5O2. The number of para-hydroxylation sites is 1. The number of anilines is 1. The van der Waals surface area contributed by atoms with E-state index in [2.05, 4.69) is 20.9 Å². The second-order valence-corrected chi connectivity index (χ2v) is 8.25. The predicted octanol–water partition coefficient (Wildman–Crippen LogP) is 2.23. The van der Waals surface area contributed by atoms with Crippen LogP contribution in [0.1, 0.15) is 18.4 Å². The number of hydrogen-bond acceptors (Lipinski definition) is 5. The zero-order valence-corrected chi connectivity index (χ0v) is 18.0. The Morgan fingerprint density at radius 1 is 1.09 bits per heavy atom. The van der Waals surface area contributed by atoms with Gasteiger partial charge in [0, 0.05) is 11.6 Å². The van der Waals surface area contributed by atoms with Crippen molar-refractivity contribution < 1.29 is 9.59 Å². The van der Waals surface area contributed by atoms with Crippen molar-refractivity contribution in [2.45, 2.75) is 31.3 Å². The summed E-state index contributed by atoms with van der Waals surface area (Å²) in [7, 11) is 0. The molecule has 32 heavy (non-hydrogen) atoms. The summed E-state index contributed by atoms with van der Waals surface area (Å²) >= 11 is 0. The molecule has 7 heteroatoms. The normalized spacial score (nSPS) is 18.9. The van der Waals surface area contributed by atoms with Crippen molar-refractivity contribution in [1.29, 1.82) is 0 Å². The lowest BCUT2D eigenvalue weighted by atomic mass is 10.0. The molecule has 0 spiro atoms. The van der Waals surface area contributed by atoms with Gasteiger partial charge in [0.05, 0.1) is 17.2 Å². The molecule has 2 aromatic carbocycles. The van der Waals surface area contributed by atoms with Crippen molar-refractivity contribution in [2.75, 3.05) is 18.4 Å². The Morgan fingerprint density at radius 2 is 1.91 bits per heavy atom. The minimum Gasteiger partial charge on any atom is -0.343 e. The van der Waals surface area contributed by atoms with E-state index in [0.717, 1.165) is 23.0 Å². The second-order valence-electron chi connectivity index (χ2n) is 8.25. The van der Waals surface area contributed by atoms with E-state index >= 15 is 0 Å². The van der Waals surface area contributed by atoms with Crippen molar-refractivity contribution in [3.8, 4) is 0 Å². The number of aromatic nitrogens is 1. The maximum Gasteiger partial charge on any atom is 0.247 e. The van der Waals surface area contributed by atoms with Gasteiger partial charge in [0.15, 0.2) is 0 Å². The van der Waals surface area contributed by atoms with Gasteiger partial charge in [-0.3, -0.25) is 14.6 Å². The van der Waals surface area contributed by atoms with Gasteiger partial charge in [-0.15, -0.1) is 0 Å². The van der Waals surface area contributed by atoms with E-state index in [1.165, 1.54) is 0 Å². The van der Waals surface area contributed by atoms with Gasteiger partial charge in [0.25, 0.3) is 0 Å². The molecule has 5 N–H and O–H groups in total. The Kier molecular flexibility index (Phi) is 7.09. The van der Waals surface area contributed by atoms with Gasteiger partial charge in [-0.1, -0.05) is 48.5 Å². The number of rotatable bonds is 8. The molecule has 2 heterocycles. The molecule has 0 radical (unpaired) electrons. The molecule has 0 aliphatic carbocycles. The average Bonchev–Trinajstić information content (AvgIpc) is 3.32. The van der Waals surface area contributed by atoms with Crippen LogP contribution in [0.4, 0.5) is 5.69 Å². The summed E-state index contributed by atoms with van der Waals surface area (Å²) in [6, 6.07) is 18.4. The van der Waals surface area contributed by atoms with Gasteiger partial charge in [-0.2, -0.15) is 0 Å². The average molecular weight is 432 g/mol. The molecule has 1 fully saturated rings. The monoisotopic (exact) mass is 431 g/mol. The summed E-state index contributed by atoms with van der Waals surface area (Å²) in [5, 5.41) is 10.1. The molecular weight excluding hydrogens is 402 g/mol. The molecule has 3 atom stereocenters. The number of nitrogens with two attached hydrogens (primary N) is 1. The lowest BCUT2D eigenvalue weighted by molar-refractivity contribution is -0.127. The highest BCUT2D eigenvalue weighted by Crippen LogP contribution is 2.21. The van der Waals surface area contributed by atoms with Gasteiger partial charge in [0.1, 0.15) is 6.04 Å². The third-order valence-corrected chi connectivity index (χ3v) is 5.96. The Hall–Kier alpha value is -3.29. The topological polar surface area (TPSA) is 109 Å². The van der Waals surface area contributed by atoms with Crippen LogP contribution in [0.2, 0.25) is 0 Å². The second kappa shape index (κ2) is 10.3. The lowest BCUT2D eigenvalue weighted by Crippen LogP contribution is -2.50. The Bertz CT molecular complexity index is 1070. The molecule has 0 bridgehead atoms. The van der Waals surface area contributed by atoms with Crippen LogP contribution in [-0.2, 0) is 16.0 Å². The zero-order chi connectivity index (χ0) is 22.3. The van der Waals surface area contributed by atoms with E-state index in [0.29, 0.717) is 31.5 Å². The van der Waals surface area contributed by atoms with Crippen molar-refractivity contribution in [3.05, 3.63) is 72.4 Å². The fraction of sp³-hybridized carbons (Fsp3) is 0.320. The number of fused-ring (bicyclic) bond motifs is 1. The highest BCUT2D eigenvalue weighted by molar-refractivity contribution is 6.03. The highest BCUT2D eigenvalue weighted by atomic mass is 16.2. The van der Waals surface area contributed by atoms with E-state index in [9.17, 15) is 9.59 Å². The Labute approximate surface area is 187 Å². The molecule has 1 aliphatic rings. The molecule has 1 aliphatic heterocycles. The zero-order valence-electron chi connectivity index (χ0n) is 18.0. The first-order chi connectivity index (χ1) is 15.6. The number of nitrogens with zero attached hydrogens (tertiary/aromatic N) is 1. The maximum atomic E-state index is 13.3. The number of carbonyl (C=O) groups is 2. The summed E-state index contributed by atoms with van der Waals surface area (Å²) in [5.41, 5.74) is 8.22. The quantitative estimate of drug-likeness (QED) is 0.437. The third-order valence-electron chi connectivity index (χ3n) is 5.96. The first-order valence-electron chi connectivity index (χ1n) is 11.1. The van der Waals surface area contributed by atoms with Crippen LogP contribution in [0.25, 0.3) is 10.9 Å². The highest BCUT2D eigenvalue weighted by Gasteiger charge is 2.31. The third kappa shape index (κ3) is 5.30. The fourth-order valence-corrected chi connectivity index (χ4v) is 4.11. The number of benzene rings is 2. The van der Waals surface area contributed by atoms with Crippen LogP contribution in [-0.4, -0.2) is 42.0 Å². The van der Waals surface area contributed by atoms with Gasteiger partial charge >= 0.3 is 0 Å². The van der Waals surface area contributed by atoms with Gasteiger partial charge in [0.2, 0.25) is 11.8 Å². The van der Waals surface area contributed by atoms with Gasteiger partial charge in [-0.25, -0.2) is 0 Å². The van der Waals surface area contributed by atoms with E-state index in [1.807, 2.05) is 60.7 Å². The predicted molar refractivity (Wildman–Crippen MR) is 126 cm³/mol. The summed E-state index contributed by atoms with van der Waals surface area (Å²) < 4.78 is 0. The Morgan fingerprint density at radius 3 is 2.69 bits per heavy atom. The van der Waals surface area contributed by atoms with E-state index in [1.54, 1.807) is 6.20 Å². The number of pyridine rings is 1. The lowest BCUT2D eigenvalue weighted by Gasteiger charge is -2.21. The fourth-order valence-electron chi connectivity index (χ4n) is 4.11. The molecule has 4 rings (SSSR count). The SMILES string of the molecule is NC[C@@H]1CN[C@H](C(=O)N[C@H](CCc2ccccc2)C(=O)Nc2cccc3cccnc23)C1. The molecule has 166 valence electrons. The number of amides is 2. The van der Waals surface area contributed by atoms with Crippen molar-refractivity contribution in [2.24, 2.45) is 11.7 Å². The van der Waals surface area contributed by atoms with Crippen LogP contribution in [0.15, 0.2) is 66.9 Å². The smallest absolute Gasteiger partial charge is 0.247 e. The molecule has 2 amide bonds. The standard InChI is InChI=1S/C25H29N5O2/c26-15-18-14-22(28-16-18)25(32)30-21(12-11-17-6-2-1-3-7-17)24(31)29-20-10-4-8-19-9-5-13-27-23(19)20/h1-10,13,18,21-22,28H,11-12,14-16,26H2,(H,29,31)(H,30,32)/t18-,21-,22+/m1/s1. The molecule has 3 aromatic rings. The molecule has 0 unspecified atom stereocenters. The van der Waals surface area contributed by atoms with Crippen molar-refractivity contribution in [1.82, 2.24) is 15.6 Å². The van der Waals surface area contributed by atoms with Crippen LogP contribution >= 0.6 is 0 Å². The van der Waals surface area contributed by atoms with Crippen LogP contribution in [0.5, 0.6) is 0 Å². The van der Waals surface area contributed by atoms with Crippen LogP contribution < -0.4 is 21.7 Å². The summed E-state index contributed by atoms with van der Waals surface area (Å²) in [4.78, 5) is 30.6. The minimum absolute atomic E-state index is 0.162. The van der Waals surface area contributed by atoms with Crippen molar-refractivity contribution in [3.63, 3.8) is 0 Å². The number of aryl methyl sites for hydroxylation is 1. The summed E-state index contributed by atoms with van der Waals surface area (Å²) in [5.74, 6) is -0.130. The Balaban J connectivity index is 1.49. The van der Waals surface area contributed by atoms with Crippen LogP contribution in [0.3, 0.4) is 0 Å². The van der Waals surface area contributed by atoms with Gasteiger partial charge in [-0.05, 0) is 56.0 Å². The minimum atomic E-state index is -0.666. The summed E-state index contributed by atoms with van der Waals surface area (Å²) in [6.45, 7) is 1.26. The molecule has 7 nitrogen and oxygen atoms in total. The largest absolute Gasteiger partial charge is 0.343 e. The van der Waals surface area contributed by atoms with E-state index in [4.69, 9.17) is 5.73 Å². The molecule has 1 saturated heterocycles. The number of carbonyl (C=O) groups excluding carboxylic acids is 2. The number of hydrogen-bond donors (Lipinski definition) is 4. The van der Waals surface area contributed by atoms with E-state index < -0.39 is 6.04 Å². The molecule has 1 aromatic heterocycles. The first kappa shape index (κ1) is 21.9. The number of nitrogens with one attached hydrogen (secondary N) is 3. The van der Waals surface area contributed by atoms with Crippen molar-refractivity contribution >= 4 is 28.4 Å². The summed E-state index contributed by atoms with van der Waals surface area (Å²) in [6.07, 6.45) is 3.55.